The van der Waals surface area contributed by atoms with E-state index in [4.69, 9.17) is 11.6 Å². The highest BCUT2D eigenvalue weighted by Gasteiger charge is 2.21. The predicted molar refractivity (Wildman–Crippen MR) is 105 cm³/mol. The SMILES string of the molecule is CSNCC1CCN(c2cc(C3=NCCC=C3C)c(Cl)cn2)CC1. The molecule has 1 fully saturated rings. The van der Waals surface area contributed by atoms with Crippen LogP contribution >= 0.6 is 23.5 Å². The molecule has 3 rings (SSSR count). The molecule has 2 aliphatic heterocycles. The molecule has 0 amide bonds. The van der Waals surface area contributed by atoms with Crippen molar-refractivity contribution < 1.29 is 0 Å². The molecule has 4 nitrogen and oxygen atoms in total. The minimum atomic E-state index is 0.686. The molecule has 2 aliphatic rings. The van der Waals surface area contributed by atoms with E-state index in [2.05, 4.69) is 44.9 Å². The van der Waals surface area contributed by atoms with Crippen LogP contribution in [0.15, 0.2) is 28.9 Å². The summed E-state index contributed by atoms with van der Waals surface area (Å²) in [5, 5.41) is 0.686. The van der Waals surface area contributed by atoms with Crippen LogP contribution in [0, 0.1) is 5.92 Å². The Hall–Kier alpha value is -1.04. The number of nitrogens with one attached hydrogen (secondary N) is 1. The molecule has 1 N–H and O–H groups in total. The Morgan fingerprint density at radius 3 is 2.88 bits per heavy atom. The van der Waals surface area contributed by atoms with Crippen molar-refractivity contribution in [3.8, 4) is 0 Å². The lowest BCUT2D eigenvalue weighted by Crippen LogP contribution is -2.36. The molecule has 1 aromatic rings. The zero-order chi connectivity index (χ0) is 16.9. The maximum absolute atomic E-state index is 6.41. The second-order valence-electron chi connectivity index (χ2n) is 6.41. The number of hydrogen-bond acceptors (Lipinski definition) is 5. The van der Waals surface area contributed by atoms with E-state index >= 15 is 0 Å². The fourth-order valence-electron chi connectivity index (χ4n) is 3.33. The van der Waals surface area contributed by atoms with Gasteiger partial charge >= 0.3 is 0 Å². The number of dihydropyridines is 1. The van der Waals surface area contributed by atoms with Crippen molar-refractivity contribution in [1.29, 1.82) is 0 Å². The first-order valence-corrected chi connectivity index (χ1v) is 10.2. The lowest BCUT2D eigenvalue weighted by molar-refractivity contribution is 0.405. The Balaban J connectivity index is 1.73. The second-order valence-corrected chi connectivity index (χ2v) is 7.52. The molecule has 0 aromatic carbocycles. The molecular weight excluding hydrogens is 340 g/mol. The smallest absolute Gasteiger partial charge is 0.129 e. The number of piperidine rings is 1. The molecule has 0 radical (unpaired) electrons. The van der Waals surface area contributed by atoms with Crippen LogP contribution in [0.5, 0.6) is 0 Å². The Morgan fingerprint density at radius 2 is 2.17 bits per heavy atom. The summed E-state index contributed by atoms with van der Waals surface area (Å²) in [5.74, 6) is 1.78. The van der Waals surface area contributed by atoms with E-state index in [1.165, 1.54) is 18.4 Å². The molecule has 0 spiro atoms. The number of allylic oxidation sites excluding steroid dienone is 1. The number of hydrogen-bond donors (Lipinski definition) is 1. The van der Waals surface area contributed by atoms with Crippen LogP contribution in [0.1, 0.15) is 31.7 Å². The Bertz CT molecular complexity index is 636. The van der Waals surface area contributed by atoms with E-state index in [0.717, 1.165) is 55.6 Å². The third-order valence-corrected chi connectivity index (χ3v) is 5.53. The molecule has 130 valence electrons. The maximum atomic E-state index is 6.41. The highest BCUT2D eigenvalue weighted by Crippen LogP contribution is 2.27. The van der Waals surface area contributed by atoms with Gasteiger partial charge in [-0.05, 0) is 50.0 Å². The largest absolute Gasteiger partial charge is 0.357 e. The van der Waals surface area contributed by atoms with E-state index < -0.39 is 0 Å². The van der Waals surface area contributed by atoms with Gasteiger partial charge in [0.1, 0.15) is 5.82 Å². The van der Waals surface area contributed by atoms with E-state index in [-0.39, 0.29) is 0 Å². The summed E-state index contributed by atoms with van der Waals surface area (Å²) in [6.45, 7) is 6.15. The normalized spacial score (nSPS) is 19.2. The molecule has 6 heteroatoms. The van der Waals surface area contributed by atoms with Crippen LogP contribution in [-0.2, 0) is 0 Å². The first-order chi connectivity index (χ1) is 11.7. The van der Waals surface area contributed by atoms with Crippen LogP contribution < -0.4 is 9.62 Å². The zero-order valence-corrected chi connectivity index (χ0v) is 16.0. The molecular formula is C18H25ClN4S. The fourth-order valence-corrected chi connectivity index (χ4v) is 3.92. The number of halogens is 1. The molecule has 24 heavy (non-hydrogen) atoms. The van der Waals surface area contributed by atoms with E-state index in [1.54, 1.807) is 18.1 Å². The zero-order valence-electron chi connectivity index (χ0n) is 14.4. The van der Waals surface area contributed by atoms with Gasteiger partial charge in [0.2, 0.25) is 0 Å². The molecule has 0 atom stereocenters. The van der Waals surface area contributed by atoms with E-state index in [9.17, 15) is 0 Å². The van der Waals surface area contributed by atoms with Crippen molar-refractivity contribution in [3.63, 3.8) is 0 Å². The van der Waals surface area contributed by atoms with Crippen molar-refractivity contribution in [2.45, 2.75) is 26.2 Å². The van der Waals surface area contributed by atoms with E-state index in [0.29, 0.717) is 5.02 Å². The van der Waals surface area contributed by atoms with Crippen molar-refractivity contribution in [3.05, 3.63) is 34.5 Å². The minimum absolute atomic E-state index is 0.686. The summed E-state index contributed by atoms with van der Waals surface area (Å²) in [6, 6.07) is 2.12. The monoisotopic (exact) mass is 364 g/mol. The third-order valence-electron chi connectivity index (χ3n) is 4.77. The third kappa shape index (κ3) is 4.13. The molecule has 1 saturated heterocycles. The number of nitrogens with zero attached hydrogens (tertiary/aromatic N) is 3. The van der Waals surface area contributed by atoms with Gasteiger partial charge in [0.15, 0.2) is 0 Å². The summed E-state index contributed by atoms with van der Waals surface area (Å²) in [5.41, 5.74) is 3.25. The Morgan fingerprint density at radius 1 is 1.38 bits per heavy atom. The maximum Gasteiger partial charge on any atom is 0.129 e. The van der Waals surface area contributed by atoms with Crippen LogP contribution in [-0.4, -0.2) is 43.1 Å². The standard InChI is InChI=1S/C18H25ClN4S/c1-13-4-3-7-20-18(13)15-10-17(21-12-16(15)19)23-8-5-14(6-9-23)11-22-24-2/h4,10,12,14,22H,3,5-9,11H2,1-2H3. The van der Waals surface area contributed by atoms with Crippen LogP contribution in [0.4, 0.5) is 5.82 Å². The number of pyridine rings is 1. The summed E-state index contributed by atoms with van der Waals surface area (Å²) in [4.78, 5) is 11.6. The Kier molecular flexibility index (Phi) is 6.19. The lowest BCUT2D eigenvalue weighted by atomic mass is 9.96. The second kappa shape index (κ2) is 8.37. The van der Waals surface area contributed by atoms with Gasteiger partial charge in [-0.25, -0.2) is 4.98 Å². The van der Waals surface area contributed by atoms with Gasteiger partial charge in [-0.15, -0.1) is 0 Å². The van der Waals surface area contributed by atoms with Gasteiger partial charge in [-0.2, -0.15) is 0 Å². The number of rotatable bonds is 5. The quantitative estimate of drug-likeness (QED) is 0.803. The summed E-state index contributed by atoms with van der Waals surface area (Å²) in [6.07, 6.45) is 9.52. The minimum Gasteiger partial charge on any atom is -0.357 e. The lowest BCUT2D eigenvalue weighted by Gasteiger charge is -2.33. The average molecular weight is 365 g/mol. The van der Waals surface area contributed by atoms with Gasteiger partial charge in [-0.1, -0.05) is 29.6 Å². The van der Waals surface area contributed by atoms with Crippen LogP contribution in [0.2, 0.25) is 5.02 Å². The van der Waals surface area contributed by atoms with Gasteiger partial charge < -0.3 is 4.90 Å². The van der Waals surface area contributed by atoms with Gasteiger partial charge in [0.05, 0.1) is 10.7 Å². The van der Waals surface area contributed by atoms with Gasteiger partial charge in [0.25, 0.3) is 0 Å². The molecule has 0 unspecified atom stereocenters. The summed E-state index contributed by atoms with van der Waals surface area (Å²) >= 11 is 8.12. The fraction of sp³-hybridized carbons (Fsp3) is 0.556. The van der Waals surface area contributed by atoms with Crippen molar-refractivity contribution in [2.75, 3.05) is 37.3 Å². The van der Waals surface area contributed by atoms with Crippen molar-refractivity contribution in [2.24, 2.45) is 10.9 Å². The average Bonchev–Trinajstić information content (AvgIpc) is 2.62. The summed E-state index contributed by atoms with van der Waals surface area (Å²) < 4.78 is 3.38. The Labute approximate surface area is 153 Å². The van der Waals surface area contributed by atoms with Gasteiger partial charge in [0, 0.05) is 37.9 Å². The molecule has 0 aliphatic carbocycles. The highest BCUT2D eigenvalue weighted by atomic mass is 35.5. The molecule has 3 heterocycles. The first-order valence-electron chi connectivity index (χ1n) is 8.57. The first kappa shape index (κ1) is 17.8. The van der Waals surface area contributed by atoms with E-state index in [1.807, 2.05) is 0 Å². The molecule has 0 saturated carbocycles. The topological polar surface area (TPSA) is 40.5 Å². The van der Waals surface area contributed by atoms with Crippen molar-refractivity contribution in [1.82, 2.24) is 9.71 Å². The highest BCUT2D eigenvalue weighted by molar-refractivity contribution is 7.96. The van der Waals surface area contributed by atoms with Crippen LogP contribution in [0.3, 0.4) is 0 Å². The molecule has 1 aromatic heterocycles. The number of aromatic nitrogens is 1. The van der Waals surface area contributed by atoms with Crippen LogP contribution in [0.25, 0.3) is 0 Å². The predicted octanol–water partition coefficient (Wildman–Crippen LogP) is 3.96. The number of anilines is 1. The molecule has 0 bridgehead atoms. The summed E-state index contributed by atoms with van der Waals surface area (Å²) in [7, 11) is 0. The van der Waals surface area contributed by atoms with Crippen molar-refractivity contribution >= 4 is 35.1 Å². The van der Waals surface area contributed by atoms with Gasteiger partial charge in [-0.3, -0.25) is 9.71 Å². The number of aliphatic imine (C=N–C) groups is 1.